The molecular weight excluding hydrogens is 399 g/mol. The Labute approximate surface area is 171 Å². The fraction of sp³-hybridized carbons (Fsp3) is 0.250. The first-order chi connectivity index (χ1) is 14.1. The average molecular weight is 417 g/mol. The molecule has 1 amide bonds. The highest BCUT2D eigenvalue weighted by Crippen LogP contribution is 2.41. The molecule has 1 unspecified atom stereocenters. The van der Waals surface area contributed by atoms with Crippen molar-refractivity contribution < 1.29 is 18.7 Å². The largest absolute Gasteiger partial charge is 0.490 e. The van der Waals surface area contributed by atoms with Gasteiger partial charge in [-0.05, 0) is 30.7 Å². The number of hydrogen-bond acceptors (Lipinski definition) is 5. The summed E-state index contributed by atoms with van der Waals surface area (Å²) >= 11 is 6.49. The molecule has 0 saturated carbocycles. The van der Waals surface area contributed by atoms with Gasteiger partial charge in [0, 0.05) is 5.56 Å². The molecule has 0 aliphatic carbocycles. The van der Waals surface area contributed by atoms with Gasteiger partial charge in [0.1, 0.15) is 18.8 Å². The number of rotatable bonds is 6. The summed E-state index contributed by atoms with van der Waals surface area (Å²) in [6.45, 7) is 2.23. The predicted octanol–water partition coefficient (Wildman–Crippen LogP) is 3.98. The van der Waals surface area contributed by atoms with Crippen molar-refractivity contribution in [2.75, 3.05) is 11.9 Å². The lowest BCUT2D eigenvalue weighted by molar-refractivity contribution is -0.117. The van der Waals surface area contributed by atoms with Crippen LogP contribution >= 0.6 is 11.6 Å². The zero-order valence-electron chi connectivity index (χ0n) is 15.6. The lowest BCUT2D eigenvalue weighted by Crippen LogP contribution is -2.29. The van der Waals surface area contributed by atoms with Crippen LogP contribution < -0.4 is 14.8 Å². The van der Waals surface area contributed by atoms with Crippen molar-refractivity contribution in [1.29, 1.82) is 0 Å². The summed E-state index contributed by atoms with van der Waals surface area (Å²) in [6.07, 6.45) is 1.57. The molecule has 0 bridgehead atoms. The van der Waals surface area contributed by atoms with Crippen molar-refractivity contribution in [3.8, 4) is 11.5 Å². The van der Waals surface area contributed by atoms with Crippen LogP contribution in [0.1, 0.15) is 30.5 Å². The van der Waals surface area contributed by atoms with E-state index in [0.29, 0.717) is 34.6 Å². The summed E-state index contributed by atoms with van der Waals surface area (Å²) < 4.78 is 27.0. The van der Waals surface area contributed by atoms with Crippen LogP contribution in [-0.2, 0) is 11.4 Å². The van der Waals surface area contributed by atoms with E-state index in [0.717, 1.165) is 5.56 Å². The van der Waals surface area contributed by atoms with Gasteiger partial charge in [0.25, 0.3) is 0 Å². The van der Waals surface area contributed by atoms with E-state index < -0.39 is 0 Å². The van der Waals surface area contributed by atoms with E-state index in [-0.39, 0.29) is 30.8 Å². The Kier molecular flexibility index (Phi) is 5.35. The van der Waals surface area contributed by atoms with Gasteiger partial charge in [0.2, 0.25) is 11.9 Å². The highest BCUT2D eigenvalue weighted by molar-refractivity contribution is 6.32. The fourth-order valence-corrected chi connectivity index (χ4v) is 3.49. The Hall–Kier alpha value is -3.13. The normalized spacial score (nSPS) is 15.6. The monoisotopic (exact) mass is 416 g/mol. The molecule has 29 heavy (non-hydrogen) atoms. The molecule has 0 radical (unpaired) electrons. The van der Waals surface area contributed by atoms with Crippen molar-refractivity contribution in [2.24, 2.45) is 0 Å². The zero-order valence-corrected chi connectivity index (χ0v) is 16.3. The van der Waals surface area contributed by atoms with Crippen molar-refractivity contribution in [3.63, 3.8) is 0 Å². The number of fused-ring (bicyclic) bond motifs is 1. The summed E-state index contributed by atoms with van der Waals surface area (Å²) in [4.78, 5) is 16.1. The maximum atomic E-state index is 13.9. The second-order valence-electron chi connectivity index (χ2n) is 6.44. The minimum absolute atomic E-state index is 0.00483. The molecule has 2 heterocycles. The van der Waals surface area contributed by atoms with Crippen molar-refractivity contribution in [2.45, 2.75) is 26.0 Å². The molecule has 1 aliphatic heterocycles. The molecule has 150 valence electrons. The summed E-state index contributed by atoms with van der Waals surface area (Å²) in [5, 5.41) is 7.17. The Morgan fingerprint density at radius 2 is 2.14 bits per heavy atom. The van der Waals surface area contributed by atoms with E-state index in [1.54, 1.807) is 35.0 Å². The molecule has 1 aliphatic rings. The van der Waals surface area contributed by atoms with Crippen LogP contribution in [0.3, 0.4) is 0 Å². The van der Waals surface area contributed by atoms with E-state index >= 15 is 0 Å². The number of nitrogens with one attached hydrogen (secondary N) is 1. The third-order valence-corrected chi connectivity index (χ3v) is 4.83. The minimum Gasteiger partial charge on any atom is -0.490 e. The number of hydrogen-bond donors (Lipinski definition) is 1. The van der Waals surface area contributed by atoms with Crippen molar-refractivity contribution in [1.82, 2.24) is 14.8 Å². The lowest BCUT2D eigenvalue weighted by Gasteiger charge is -2.25. The second kappa shape index (κ2) is 8.08. The van der Waals surface area contributed by atoms with Gasteiger partial charge in [0.05, 0.1) is 24.1 Å². The molecule has 0 saturated heterocycles. The number of halogens is 2. The molecule has 1 atom stereocenters. The highest BCUT2D eigenvalue weighted by Gasteiger charge is 2.29. The highest BCUT2D eigenvalue weighted by atomic mass is 35.5. The van der Waals surface area contributed by atoms with E-state index in [1.807, 2.05) is 6.92 Å². The summed E-state index contributed by atoms with van der Waals surface area (Å²) in [5.41, 5.74) is 1.14. The Morgan fingerprint density at radius 3 is 2.93 bits per heavy atom. The van der Waals surface area contributed by atoms with Crippen LogP contribution in [0.25, 0.3) is 0 Å². The van der Waals surface area contributed by atoms with Crippen LogP contribution in [0.15, 0.2) is 42.7 Å². The molecule has 0 spiro atoms. The summed E-state index contributed by atoms with van der Waals surface area (Å²) in [5.74, 6) is 0.591. The van der Waals surface area contributed by atoms with Crippen molar-refractivity contribution in [3.05, 3.63) is 64.7 Å². The Balaban J connectivity index is 1.67. The SMILES string of the molecule is CCOc1cc(C2CC(=O)Nc3ncnn32)cc(Cl)c1OCc1ccccc1F. The fourth-order valence-electron chi connectivity index (χ4n) is 3.21. The van der Waals surface area contributed by atoms with Gasteiger partial charge >= 0.3 is 0 Å². The summed E-state index contributed by atoms with van der Waals surface area (Å²) in [6, 6.07) is 9.46. The predicted molar refractivity (Wildman–Crippen MR) is 105 cm³/mol. The first-order valence-electron chi connectivity index (χ1n) is 9.08. The smallest absolute Gasteiger partial charge is 0.229 e. The van der Waals surface area contributed by atoms with Gasteiger partial charge in [-0.2, -0.15) is 10.1 Å². The molecule has 3 aromatic rings. The summed E-state index contributed by atoms with van der Waals surface area (Å²) in [7, 11) is 0. The molecule has 1 N–H and O–H groups in total. The second-order valence-corrected chi connectivity index (χ2v) is 6.85. The number of aromatic nitrogens is 3. The molecule has 7 nitrogen and oxygen atoms in total. The van der Waals surface area contributed by atoms with Crippen molar-refractivity contribution >= 4 is 23.5 Å². The minimum atomic E-state index is -0.376. The van der Waals surface area contributed by atoms with Gasteiger partial charge in [-0.15, -0.1) is 0 Å². The van der Waals surface area contributed by atoms with E-state index in [2.05, 4.69) is 15.4 Å². The van der Waals surface area contributed by atoms with Crippen LogP contribution in [0, 0.1) is 5.82 Å². The number of amides is 1. The molecular formula is C20H18ClFN4O3. The first-order valence-corrected chi connectivity index (χ1v) is 9.46. The van der Waals surface area contributed by atoms with E-state index in [9.17, 15) is 9.18 Å². The average Bonchev–Trinajstić information content (AvgIpc) is 3.16. The van der Waals surface area contributed by atoms with Gasteiger partial charge in [-0.1, -0.05) is 29.8 Å². The van der Waals surface area contributed by atoms with Gasteiger partial charge in [-0.25, -0.2) is 9.07 Å². The zero-order chi connectivity index (χ0) is 20.4. The molecule has 1 aromatic heterocycles. The maximum absolute atomic E-state index is 13.9. The molecule has 9 heteroatoms. The van der Waals surface area contributed by atoms with Gasteiger partial charge in [-0.3, -0.25) is 10.1 Å². The van der Waals surface area contributed by atoms with E-state index in [4.69, 9.17) is 21.1 Å². The number of benzene rings is 2. The number of carbonyl (C=O) groups excluding carboxylic acids is 1. The van der Waals surface area contributed by atoms with Crippen LogP contribution in [0.4, 0.5) is 10.3 Å². The lowest BCUT2D eigenvalue weighted by atomic mass is 10.0. The Bertz CT molecular complexity index is 1060. The quantitative estimate of drug-likeness (QED) is 0.657. The van der Waals surface area contributed by atoms with Gasteiger partial charge < -0.3 is 9.47 Å². The van der Waals surface area contributed by atoms with Gasteiger partial charge in [0.15, 0.2) is 11.5 Å². The Morgan fingerprint density at radius 1 is 1.31 bits per heavy atom. The first kappa shape index (κ1) is 19.2. The number of ether oxygens (including phenoxy) is 2. The third-order valence-electron chi connectivity index (χ3n) is 4.54. The number of anilines is 1. The van der Waals surface area contributed by atoms with E-state index in [1.165, 1.54) is 12.4 Å². The number of nitrogens with zero attached hydrogens (tertiary/aromatic N) is 3. The molecule has 4 rings (SSSR count). The maximum Gasteiger partial charge on any atom is 0.229 e. The van der Waals surface area contributed by atoms with Crippen LogP contribution in [0.2, 0.25) is 5.02 Å². The topological polar surface area (TPSA) is 78.3 Å². The molecule has 0 fully saturated rings. The number of carbonyl (C=O) groups is 1. The van der Waals surface area contributed by atoms with Crippen LogP contribution in [-0.4, -0.2) is 27.3 Å². The standard InChI is InChI=1S/C20H18ClFN4O3/c1-2-28-17-8-13(16-9-18(27)25-20-23-11-24-26(16)20)7-14(21)19(17)29-10-12-5-3-4-6-15(12)22/h3-8,11,16H,2,9-10H2,1H3,(H,23,24,25,27). The molecule has 2 aromatic carbocycles. The third kappa shape index (κ3) is 3.88. The van der Waals surface area contributed by atoms with Crippen LogP contribution in [0.5, 0.6) is 11.5 Å².